The van der Waals surface area contributed by atoms with Gasteiger partial charge in [-0.1, -0.05) is 36.4 Å². The van der Waals surface area contributed by atoms with Crippen LogP contribution in [-0.4, -0.2) is 50.1 Å². The van der Waals surface area contributed by atoms with Gasteiger partial charge in [0.05, 0.1) is 11.7 Å². The minimum absolute atomic E-state index is 0.0905. The van der Waals surface area contributed by atoms with Gasteiger partial charge in [0, 0.05) is 33.1 Å². The average molecular weight is 433 g/mol. The number of benzene rings is 2. The predicted molar refractivity (Wildman–Crippen MR) is 121 cm³/mol. The van der Waals surface area contributed by atoms with E-state index >= 15 is 0 Å². The van der Waals surface area contributed by atoms with Gasteiger partial charge in [-0.15, -0.1) is 0 Å². The van der Waals surface area contributed by atoms with Crippen LogP contribution in [0, 0.1) is 0 Å². The molecular formula is C24H28N6O2. The van der Waals surface area contributed by atoms with Gasteiger partial charge in [0.1, 0.15) is 12.7 Å². The summed E-state index contributed by atoms with van der Waals surface area (Å²) in [6.07, 6.45) is 4.72. The molecule has 1 aliphatic heterocycles. The minimum atomic E-state index is -0.141. The van der Waals surface area contributed by atoms with Crippen molar-refractivity contribution in [3.05, 3.63) is 77.9 Å². The van der Waals surface area contributed by atoms with Gasteiger partial charge in [-0.05, 0) is 42.2 Å². The molecule has 0 saturated carbocycles. The van der Waals surface area contributed by atoms with E-state index in [4.69, 9.17) is 0 Å². The maximum absolute atomic E-state index is 12.7. The first kappa shape index (κ1) is 21.5. The number of aromatic nitrogens is 3. The predicted octanol–water partition coefficient (Wildman–Crippen LogP) is 3.29. The molecule has 0 aliphatic carbocycles. The van der Waals surface area contributed by atoms with Crippen molar-refractivity contribution in [3.8, 4) is 5.69 Å². The first-order valence-corrected chi connectivity index (χ1v) is 10.8. The molecule has 1 aromatic heterocycles. The molecule has 2 heterocycles. The summed E-state index contributed by atoms with van der Waals surface area (Å²) in [4.78, 5) is 32.1. The lowest BCUT2D eigenvalue weighted by atomic mass is 10.1. The summed E-state index contributed by atoms with van der Waals surface area (Å²) in [6.45, 7) is 3.88. The summed E-state index contributed by atoms with van der Waals surface area (Å²) < 4.78 is 1.69. The highest BCUT2D eigenvalue weighted by Gasteiger charge is 2.20. The summed E-state index contributed by atoms with van der Waals surface area (Å²) in [5.41, 5.74) is 4.05. The lowest BCUT2D eigenvalue weighted by molar-refractivity contribution is -0.128. The van der Waals surface area contributed by atoms with Crippen LogP contribution in [0.5, 0.6) is 0 Å². The zero-order valence-corrected chi connectivity index (χ0v) is 18.4. The highest BCUT2D eigenvalue weighted by molar-refractivity contribution is 5.78. The number of rotatable bonds is 7. The molecule has 3 aromatic rings. The van der Waals surface area contributed by atoms with Crippen molar-refractivity contribution < 1.29 is 9.59 Å². The SMILES string of the molecule is CC(c1ccc(-n2cncn2)cc1)N(C)C(=O)NCc1cccc(CN2CCCC2=O)c1. The Morgan fingerprint density at radius 3 is 2.66 bits per heavy atom. The van der Waals surface area contributed by atoms with Crippen LogP contribution in [0.1, 0.15) is 42.5 Å². The third kappa shape index (κ3) is 4.96. The second-order valence-electron chi connectivity index (χ2n) is 8.12. The van der Waals surface area contributed by atoms with Crippen molar-refractivity contribution >= 4 is 11.9 Å². The quantitative estimate of drug-likeness (QED) is 0.621. The Morgan fingerprint density at radius 1 is 1.19 bits per heavy atom. The van der Waals surface area contributed by atoms with Crippen LogP contribution >= 0.6 is 0 Å². The van der Waals surface area contributed by atoms with E-state index in [0.29, 0.717) is 19.5 Å². The van der Waals surface area contributed by atoms with E-state index in [-0.39, 0.29) is 18.0 Å². The number of nitrogens with one attached hydrogen (secondary N) is 1. The summed E-state index contributed by atoms with van der Waals surface area (Å²) >= 11 is 0. The second kappa shape index (κ2) is 9.64. The standard InChI is InChI=1S/C24H28N6O2/c1-18(21-8-10-22(11-9-21)30-17-25-16-27-30)28(2)24(32)26-14-19-5-3-6-20(13-19)15-29-12-4-7-23(29)31/h3,5-6,8-11,13,16-18H,4,7,12,14-15H2,1-2H3,(H,26,32). The molecule has 8 nitrogen and oxygen atoms in total. The second-order valence-corrected chi connectivity index (χ2v) is 8.12. The molecule has 0 radical (unpaired) electrons. The van der Waals surface area contributed by atoms with Gasteiger partial charge >= 0.3 is 6.03 Å². The van der Waals surface area contributed by atoms with Crippen molar-refractivity contribution in [1.29, 1.82) is 0 Å². The van der Waals surface area contributed by atoms with Crippen LogP contribution in [0.2, 0.25) is 0 Å². The Labute approximate surface area is 187 Å². The zero-order chi connectivity index (χ0) is 22.5. The molecule has 2 aromatic carbocycles. The Balaban J connectivity index is 1.32. The number of urea groups is 1. The summed E-state index contributed by atoms with van der Waals surface area (Å²) in [7, 11) is 1.79. The molecule has 1 saturated heterocycles. The van der Waals surface area contributed by atoms with Gasteiger partial charge < -0.3 is 15.1 Å². The first-order chi connectivity index (χ1) is 15.5. The number of likely N-dealkylation sites (tertiary alicyclic amines) is 1. The van der Waals surface area contributed by atoms with E-state index in [2.05, 4.69) is 21.5 Å². The Kier molecular flexibility index (Phi) is 6.49. The Hall–Kier alpha value is -3.68. The molecule has 1 aliphatic rings. The molecule has 1 N–H and O–H groups in total. The van der Waals surface area contributed by atoms with Gasteiger partial charge in [-0.25, -0.2) is 14.5 Å². The number of nitrogens with zero attached hydrogens (tertiary/aromatic N) is 5. The monoisotopic (exact) mass is 432 g/mol. The Morgan fingerprint density at radius 2 is 1.97 bits per heavy atom. The number of hydrogen-bond donors (Lipinski definition) is 1. The smallest absolute Gasteiger partial charge is 0.317 e. The largest absolute Gasteiger partial charge is 0.338 e. The topological polar surface area (TPSA) is 83.4 Å². The highest BCUT2D eigenvalue weighted by atomic mass is 16.2. The normalized spacial score (nSPS) is 14.4. The zero-order valence-electron chi connectivity index (χ0n) is 18.4. The van der Waals surface area contributed by atoms with Crippen molar-refractivity contribution in [3.63, 3.8) is 0 Å². The summed E-state index contributed by atoms with van der Waals surface area (Å²) in [6, 6.07) is 15.7. The van der Waals surface area contributed by atoms with E-state index in [0.717, 1.165) is 35.3 Å². The van der Waals surface area contributed by atoms with Crippen LogP contribution < -0.4 is 5.32 Å². The maximum atomic E-state index is 12.7. The molecule has 32 heavy (non-hydrogen) atoms. The number of amides is 3. The van der Waals surface area contributed by atoms with Crippen molar-refractivity contribution in [2.45, 2.75) is 38.9 Å². The molecule has 0 bridgehead atoms. The summed E-state index contributed by atoms with van der Waals surface area (Å²) in [5.74, 6) is 0.216. The van der Waals surface area contributed by atoms with E-state index < -0.39 is 0 Å². The third-order valence-corrected chi connectivity index (χ3v) is 5.94. The van der Waals surface area contributed by atoms with E-state index in [1.807, 2.05) is 54.3 Å². The van der Waals surface area contributed by atoms with E-state index in [1.165, 1.54) is 6.33 Å². The van der Waals surface area contributed by atoms with Crippen LogP contribution in [0.4, 0.5) is 4.79 Å². The average Bonchev–Trinajstić information content (AvgIpc) is 3.49. The molecule has 166 valence electrons. The molecule has 0 spiro atoms. The van der Waals surface area contributed by atoms with Crippen molar-refractivity contribution in [2.75, 3.05) is 13.6 Å². The van der Waals surface area contributed by atoms with Crippen molar-refractivity contribution in [2.24, 2.45) is 0 Å². The lowest BCUT2D eigenvalue weighted by Gasteiger charge is -2.26. The fraction of sp³-hybridized carbons (Fsp3) is 0.333. The van der Waals surface area contributed by atoms with Gasteiger partial charge in [0.25, 0.3) is 0 Å². The fourth-order valence-electron chi connectivity index (χ4n) is 3.88. The molecule has 4 rings (SSSR count). The van der Waals surface area contributed by atoms with Crippen LogP contribution in [-0.2, 0) is 17.9 Å². The van der Waals surface area contributed by atoms with Crippen LogP contribution in [0.25, 0.3) is 5.69 Å². The maximum Gasteiger partial charge on any atom is 0.317 e. The van der Waals surface area contributed by atoms with Gasteiger partial charge in [0.15, 0.2) is 0 Å². The molecule has 3 amide bonds. The van der Waals surface area contributed by atoms with Gasteiger partial charge in [-0.3, -0.25) is 4.79 Å². The van der Waals surface area contributed by atoms with E-state index in [9.17, 15) is 9.59 Å². The van der Waals surface area contributed by atoms with Crippen LogP contribution in [0.15, 0.2) is 61.2 Å². The lowest BCUT2D eigenvalue weighted by Crippen LogP contribution is -2.38. The van der Waals surface area contributed by atoms with Crippen molar-refractivity contribution in [1.82, 2.24) is 29.9 Å². The minimum Gasteiger partial charge on any atom is -0.338 e. The molecule has 1 fully saturated rings. The molecule has 1 atom stereocenters. The third-order valence-electron chi connectivity index (χ3n) is 5.94. The van der Waals surface area contributed by atoms with Gasteiger partial charge in [0.2, 0.25) is 5.91 Å². The Bertz CT molecular complexity index is 1060. The van der Waals surface area contributed by atoms with E-state index in [1.54, 1.807) is 23.0 Å². The molecule has 8 heteroatoms. The van der Waals surface area contributed by atoms with Gasteiger partial charge in [-0.2, -0.15) is 5.10 Å². The number of hydrogen-bond acceptors (Lipinski definition) is 4. The fourth-order valence-corrected chi connectivity index (χ4v) is 3.88. The number of carbonyl (C=O) groups excluding carboxylic acids is 2. The highest BCUT2D eigenvalue weighted by Crippen LogP contribution is 2.20. The number of carbonyl (C=O) groups is 2. The molecular weight excluding hydrogens is 404 g/mol. The molecule has 1 unspecified atom stereocenters. The summed E-state index contributed by atoms with van der Waals surface area (Å²) in [5, 5.41) is 7.12. The van der Waals surface area contributed by atoms with Crippen LogP contribution in [0.3, 0.4) is 0 Å². The first-order valence-electron chi connectivity index (χ1n) is 10.8.